The summed E-state index contributed by atoms with van der Waals surface area (Å²) in [5.41, 5.74) is 2.38. The van der Waals surface area contributed by atoms with Gasteiger partial charge >= 0.3 is 5.97 Å². The summed E-state index contributed by atoms with van der Waals surface area (Å²) in [6.45, 7) is 3.82. The summed E-state index contributed by atoms with van der Waals surface area (Å²) in [4.78, 5) is 23.7. The number of aromatic nitrogens is 2. The Balaban J connectivity index is 2.48. The van der Waals surface area contributed by atoms with Gasteiger partial charge in [0, 0.05) is 11.6 Å². The van der Waals surface area contributed by atoms with Crippen LogP contribution in [-0.4, -0.2) is 22.9 Å². The number of carbonyl (C=O) groups excluding carboxylic acids is 1. The molecule has 0 bridgehead atoms. The van der Waals surface area contributed by atoms with Crippen LogP contribution in [0, 0.1) is 6.92 Å². The SMILES string of the molecule is CC[C@H](C(=O)OC)n1nc(-c2ccc(C)cc2)ccc1=O. The van der Waals surface area contributed by atoms with Crippen molar-refractivity contribution in [1.29, 1.82) is 0 Å². The van der Waals surface area contributed by atoms with Gasteiger partial charge in [0.05, 0.1) is 12.8 Å². The van der Waals surface area contributed by atoms with E-state index in [1.165, 1.54) is 17.9 Å². The Labute approximate surface area is 123 Å². The van der Waals surface area contributed by atoms with E-state index in [1.807, 2.05) is 38.1 Å². The maximum atomic E-state index is 12.0. The summed E-state index contributed by atoms with van der Waals surface area (Å²) < 4.78 is 5.93. The molecule has 0 unspecified atom stereocenters. The second-order valence-corrected chi connectivity index (χ2v) is 4.81. The van der Waals surface area contributed by atoms with Crippen molar-refractivity contribution in [3.63, 3.8) is 0 Å². The third-order valence-electron chi connectivity index (χ3n) is 3.33. The Morgan fingerprint density at radius 2 is 1.90 bits per heavy atom. The number of benzene rings is 1. The lowest BCUT2D eigenvalue weighted by Gasteiger charge is -2.15. The molecule has 0 aliphatic rings. The quantitative estimate of drug-likeness (QED) is 0.809. The number of rotatable bonds is 4. The van der Waals surface area contributed by atoms with Gasteiger partial charge in [0.1, 0.15) is 0 Å². The molecule has 1 atom stereocenters. The zero-order valence-electron chi connectivity index (χ0n) is 12.4. The molecule has 0 N–H and O–H groups in total. The third-order valence-corrected chi connectivity index (χ3v) is 3.33. The molecule has 0 fully saturated rings. The molecule has 1 heterocycles. The number of carbonyl (C=O) groups is 1. The third kappa shape index (κ3) is 3.18. The monoisotopic (exact) mass is 286 g/mol. The van der Waals surface area contributed by atoms with Gasteiger partial charge in [-0.3, -0.25) is 4.79 Å². The highest BCUT2D eigenvalue weighted by Crippen LogP contribution is 2.17. The van der Waals surface area contributed by atoms with Gasteiger partial charge in [-0.2, -0.15) is 5.10 Å². The highest BCUT2D eigenvalue weighted by molar-refractivity contribution is 5.74. The second kappa shape index (κ2) is 6.35. The molecule has 5 nitrogen and oxygen atoms in total. The first-order valence-corrected chi connectivity index (χ1v) is 6.81. The maximum Gasteiger partial charge on any atom is 0.330 e. The predicted octanol–water partition coefficient (Wildman–Crippen LogP) is 2.34. The summed E-state index contributed by atoms with van der Waals surface area (Å²) in [6, 6.07) is 10.2. The van der Waals surface area contributed by atoms with E-state index in [0.29, 0.717) is 12.1 Å². The largest absolute Gasteiger partial charge is 0.467 e. The van der Waals surface area contributed by atoms with Gasteiger partial charge in [-0.1, -0.05) is 36.8 Å². The number of esters is 1. The van der Waals surface area contributed by atoms with Crippen molar-refractivity contribution in [3.8, 4) is 11.3 Å². The number of ether oxygens (including phenoxy) is 1. The van der Waals surface area contributed by atoms with Gasteiger partial charge < -0.3 is 4.74 Å². The fourth-order valence-electron chi connectivity index (χ4n) is 2.10. The van der Waals surface area contributed by atoms with Crippen LogP contribution in [0.3, 0.4) is 0 Å². The average molecular weight is 286 g/mol. The van der Waals surface area contributed by atoms with Crippen LogP contribution in [0.25, 0.3) is 11.3 Å². The zero-order chi connectivity index (χ0) is 15.4. The van der Waals surface area contributed by atoms with Gasteiger partial charge in [-0.25, -0.2) is 9.48 Å². The summed E-state index contributed by atoms with van der Waals surface area (Å²) in [7, 11) is 1.31. The minimum Gasteiger partial charge on any atom is -0.467 e. The number of methoxy groups -OCH3 is 1. The molecule has 1 aromatic heterocycles. The first-order valence-electron chi connectivity index (χ1n) is 6.81. The fraction of sp³-hybridized carbons (Fsp3) is 0.312. The second-order valence-electron chi connectivity index (χ2n) is 4.81. The standard InChI is InChI=1S/C16H18N2O3/c1-4-14(16(20)21-3)18-15(19)10-9-13(17-18)12-7-5-11(2)6-8-12/h5-10,14H,4H2,1-3H3/t14-/m1/s1. The van der Waals surface area contributed by atoms with Crippen molar-refractivity contribution >= 4 is 5.97 Å². The van der Waals surface area contributed by atoms with Gasteiger partial charge in [0.15, 0.2) is 6.04 Å². The first kappa shape index (κ1) is 15.0. The molecule has 0 aliphatic heterocycles. The molecule has 110 valence electrons. The normalized spacial score (nSPS) is 12.0. The van der Waals surface area contributed by atoms with Crippen molar-refractivity contribution < 1.29 is 9.53 Å². The molecule has 0 radical (unpaired) electrons. The average Bonchev–Trinajstić information content (AvgIpc) is 2.50. The van der Waals surface area contributed by atoms with Gasteiger partial charge in [-0.05, 0) is 19.4 Å². The number of nitrogens with zero attached hydrogens (tertiary/aromatic N) is 2. The Kier molecular flexibility index (Phi) is 4.52. The van der Waals surface area contributed by atoms with E-state index in [1.54, 1.807) is 6.07 Å². The van der Waals surface area contributed by atoms with Crippen LogP contribution in [0.15, 0.2) is 41.2 Å². The van der Waals surface area contributed by atoms with Crippen molar-refractivity contribution in [2.75, 3.05) is 7.11 Å². The van der Waals surface area contributed by atoms with Crippen LogP contribution >= 0.6 is 0 Å². The topological polar surface area (TPSA) is 61.2 Å². The minimum atomic E-state index is -0.701. The van der Waals surface area contributed by atoms with Crippen LogP contribution in [-0.2, 0) is 9.53 Å². The van der Waals surface area contributed by atoms with Crippen molar-refractivity contribution in [3.05, 3.63) is 52.3 Å². The summed E-state index contributed by atoms with van der Waals surface area (Å²) in [5, 5.41) is 4.32. The first-order chi connectivity index (χ1) is 10.1. The molecular weight excluding hydrogens is 268 g/mol. The fourth-order valence-corrected chi connectivity index (χ4v) is 2.10. The summed E-state index contributed by atoms with van der Waals surface area (Å²) in [6.07, 6.45) is 0.441. The van der Waals surface area contributed by atoms with Crippen LogP contribution in [0.5, 0.6) is 0 Å². The van der Waals surface area contributed by atoms with Crippen LogP contribution < -0.4 is 5.56 Å². The van der Waals surface area contributed by atoms with E-state index >= 15 is 0 Å². The van der Waals surface area contributed by atoms with Crippen LogP contribution in [0.2, 0.25) is 0 Å². The Morgan fingerprint density at radius 1 is 1.24 bits per heavy atom. The Morgan fingerprint density at radius 3 is 2.48 bits per heavy atom. The van der Waals surface area contributed by atoms with E-state index in [0.717, 1.165) is 11.1 Å². The summed E-state index contributed by atoms with van der Waals surface area (Å²) >= 11 is 0. The molecule has 0 spiro atoms. The highest BCUT2D eigenvalue weighted by Gasteiger charge is 2.21. The molecule has 0 amide bonds. The van der Waals surface area contributed by atoms with E-state index < -0.39 is 12.0 Å². The summed E-state index contributed by atoms with van der Waals surface area (Å²) in [5.74, 6) is -0.465. The Hall–Kier alpha value is -2.43. The lowest BCUT2D eigenvalue weighted by Crippen LogP contribution is -2.32. The molecule has 2 rings (SSSR count). The number of hydrogen-bond donors (Lipinski definition) is 0. The zero-order valence-corrected chi connectivity index (χ0v) is 12.4. The van der Waals surface area contributed by atoms with Crippen molar-refractivity contribution in [2.45, 2.75) is 26.3 Å². The Bertz CT molecular complexity index is 689. The highest BCUT2D eigenvalue weighted by atomic mass is 16.5. The van der Waals surface area contributed by atoms with Gasteiger partial charge in [0.2, 0.25) is 0 Å². The van der Waals surface area contributed by atoms with Gasteiger partial charge in [-0.15, -0.1) is 0 Å². The number of aryl methyl sites for hydroxylation is 1. The molecule has 21 heavy (non-hydrogen) atoms. The molecule has 1 aromatic carbocycles. The van der Waals surface area contributed by atoms with Crippen molar-refractivity contribution in [2.24, 2.45) is 0 Å². The lowest BCUT2D eigenvalue weighted by molar-refractivity contribution is -0.145. The smallest absolute Gasteiger partial charge is 0.330 e. The predicted molar refractivity (Wildman–Crippen MR) is 80.0 cm³/mol. The van der Waals surface area contributed by atoms with E-state index in [4.69, 9.17) is 4.74 Å². The molecule has 2 aromatic rings. The minimum absolute atomic E-state index is 0.317. The maximum absolute atomic E-state index is 12.0. The molecule has 0 aliphatic carbocycles. The lowest BCUT2D eigenvalue weighted by atomic mass is 10.1. The van der Waals surface area contributed by atoms with Gasteiger partial charge in [0.25, 0.3) is 5.56 Å². The molecule has 5 heteroatoms. The molecule has 0 saturated carbocycles. The molecular formula is C16H18N2O3. The van der Waals surface area contributed by atoms with E-state index in [2.05, 4.69) is 5.10 Å². The molecule has 0 saturated heterocycles. The van der Waals surface area contributed by atoms with Crippen LogP contribution in [0.4, 0.5) is 0 Å². The van der Waals surface area contributed by atoms with Crippen LogP contribution in [0.1, 0.15) is 24.9 Å². The van der Waals surface area contributed by atoms with Crippen molar-refractivity contribution in [1.82, 2.24) is 9.78 Å². The van der Waals surface area contributed by atoms with E-state index in [-0.39, 0.29) is 5.56 Å². The van der Waals surface area contributed by atoms with E-state index in [9.17, 15) is 9.59 Å². The number of hydrogen-bond acceptors (Lipinski definition) is 4.